The lowest BCUT2D eigenvalue weighted by Gasteiger charge is -2.06. The molecule has 132 valence electrons. The van der Waals surface area contributed by atoms with Crippen LogP contribution in [0.3, 0.4) is 0 Å². The molecular weight excluding hydrogens is 379 g/mol. The van der Waals surface area contributed by atoms with E-state index in [0.717, 1.165) is 0 Å². The fourth-order valence-corrected chi connectivity index (χ4v) is 3.20. The van der Waals surface area contributed by atoms with Gasteiger partial charge in [-0.25, -0.2) is 14.8 Å². The number of hydrogen-bond acceptors (Lipinski definition) is 6. The number of para-hydroxylation sites is 1. The molecule has 0 spiro atoms. The third-order valence-corrected chi connectivity index (χ3v) is 4.47. The smallest absolute Gasteiger partial charge is 0.341 e. The molecule has 0 unspecified atom stereocenters. The summed E-state index contributed by atoms with van der Waals surface area (Å²) in [4.78, 5) is 24.0. The molecule has 2 N–H and O–H groups in total. The van der Waals surface area contributed by atoms with Crippen molar-refractivity contribution in [2.75, 3.05) is 12.4 Å². The summed E-state index contributed by atoms with van der Waals surface area (Å²) in [6, 6.07) is 6.77. The van der Waals surface area contributed by atoms with Crippen molar-refractivity contribution in [2.24, 2.45) is 0 Å². The number of nitrogens with zero attached hydrogens (tertiary/aromatic N) is 2. The summed E-state index contributed by atoms with van der Waals surface area (Å²) in [5.41, 5.74) is 2.76. The van der Waals surface area contributed by atoms with Crippen LogP contribution < -0.4 is 5.32 Å². The van der Waals surface area contributed by atoms with Gasteiger partial charge in [0.2, 0.25) is 5.95 Å². The first-order valence-electron chi connectivity index (χ1n) is 7.57. The van der Waals surface area contributed by atoms with Gasteiger partial charge in [0.05, 0.1) is 33.9 Å². The summed E-state index contributed by atoms with van der Waals surface area (Å²) in [5.74, 6) is 0.301. The van der Waals surface area contributed by atoms with Gasteiger partial charge in [-0.05, 0) is 18.2 Å². The van der Waals surface area contributed by atoms with Crippen LogP contribution in [0.25, 0.3) is 22.1 Å². The molecule has 0 aliphatic carbocycles. The molecule has 0 amide bonds. The molecule has 0 fully saturated rings. The van der Waals surface area contributed by atoms with Gasteiger partial charge in [-0.15, -0.1) is 0 Å². The van der Waals surface area contributed by atoms with E-state index in [-0.39, 0.29) is 5.56 Å². The fourth-order valence-electron chi connectivity index (χ4n) is 2.71. The van der Waals surface area contributed by atoms with Crippen LogP contribution in [-0.2, 0) is 4.74 Å². The van der Waals surface area contributed by atoms with Crippen molar-refractivity contribution in [3.8, 4) is 0 Å². The second-order valence-electron chi connectivity index (χ2n) is 5.53. The highest BCUT2D eigenvalue weighted by atomic mass is 35.5. The van der Waals surface area contributed by atoms with Crippen molar-refractivity contribution < 1.29 is 13.9 Å². The second kappa shape index (κ2) is 6.19. The van der Waals surface area contributed by atoms with E-state index in [0.29, 0.717) is 49.7 Å². The summed E-state index contributed by atoms with van der Waals surface area (Å²) in [5, 5.41) is 3.97. The zero-order chi connectivity index (χ0) is 18.4. The van der Waals surface area contributed by atoms with Crippen molar-refractivity contribution in [1.82, 2.24) is 15.0 Å². The Morgan fingerprint density at radius 1 is 1.27 bits per heavy atom. The summed E-state index contributed by atoms with van der Waals surface area (Å²) in [6.45, 7) is 1.70. The predicted molar refractivity (Wildman–Crippen MR) is 99.5 cm³/mol. The molecule has 2 heterocycles. The third-order valence-electron chi connectivity index (χ3n) is 3.84. The largest absolute Gasteiger partial charge is 0.465 e. The molecule has 2 aromatic heterocycles. The molecule has 0 radical (unpaired) electrons. The van der Waals surface area contributed by atoms with Gasteiger partial charge in [-0.1, -0.05) is 29.3 Å². The zero-order valence-corrected chi connectivity index (χ0v) is 15.2. The number of rotatable bonds is 3. The van der Waals surface area contributed by atoms with Gasteiger partial charge in [0.1, 0.15) is 11.1 Å². The molecule has 0 bridgehead atoms. The number of aromatic nitrogens is 3. The number of fused-ring (bicyclic) bond motifs is 3. The number of carbonyl (C=O) groups excluding carboxylic acids is 1. The maximum absolute atomic E-state index is 12.1. The average molecular weight is 391 g/mol. The minimum absolute atomic E-state index is 0.254. The average Bonchev–Trinajstić information content (AvgIpc) is 3.19. The van der Waals surface area contributed by atoms with Gasteiger partial charge in [0.15, 0.2) is 11.5 Å². The van der Waals surface area contributed by atoms with Crippen LogP contribution in [-0.4, -0.2) is 28.0 Å². The maximum Gasteiger partial charge on any atom is 0.341 e. The van der Waals surface area contributed by atoms with Crippen LogP contribution in [0.4, 0.5) is 11.6 Å². The molecule has 26 heavy (non-hydrogen) atoms. The SMILES string of the molecule is COC(=O)c1cc2nc(Nc3c(Cl)cccc3Cl)[nH]c2c2nc(C)oc12. The third kappa shape index (κ3) is 2.65. The Balaban J connectivity index is 1.90. The van der Waals surface area contributed by atoms with Crippen molar-refractivity contribution >= 4 is 62.9 Å². The Morgan fingerprint density at radius 2 is 2.00 bits per heavy atom. The quantitative estimate of drug-likeness (QED) is 0.485. The standard InChI is InChI=1S/C17H12Cl2N4O3/c1-7-20-14-13-11(6-8(15(14)26-7)16(24)25-2)21-17(23-13)22-12-9(18)4-3-5-10(12)19/h3-6H,1-2H3,(H2,21,22,23). The van der Waals surface area contributed by atoms with Gasteiger partial charge in [0.25, 0.3) is 0 Å². The van der Waals surface area contributed by atoms with E-state index >= 15 is 0 Å². The first-order valence-corrected chi connectivity index (χ1v) is 8.32. The lowest BCUT2D eigenvalue weighted by atomic mass is 10.1. The Bertz CT molecular complexity index is 1150. The first-order chi connectivity index (χ1) is 12.5. The molecule has 4 rings (SSSR count). The number of H-pyrrole nitrogens is 1. The molecule has 9 heteroatoms. The number of anilines is 2. The van der Waals surface area contributed by atoms with Gasteiger partial charge in [-0.3, -0.25) is 0 Å². The molecule has 4 aromatic rings. The molecule has 0 aliphatic heterocycles. The number of aromatic amines is 1. The number of nitrogens with one attached hydrogen (secondary N) is 2. The van der Waals surface area contributed by atoms with Gasteiger partial charge in [-0.2, -0.15) is 0 Å². The fraction of sp³-hybridized carbons (Fsp3) is 0.118. The van der Waals surface area contributed by atoms with Crippen LogP contribution in [0, 0.1) is 6.92 Å². The van der Waals surface area contributed by atoms with E-state index in [2.05, 4.69) is 20.3 Å². The number of oxazole rings is 1. The normalized spacial score (nSPS) is 11.2. The highest BCUT2D eigenvalue weighted by molar-refractivity contribution is 6.39. The summed E-state index contributed by atoms with van der Waals surface area (Å²) in [7, 11) is 1.30. The monoisotopic (exact) mass is 390 g/mol. The molecule has 0 saturated carbocycles. The first kappa shape index (κ1) is 16.7. The van der Waals surface area contributed by atoms with Crippen LogP contribution in [0.2, 0.25) is 10.0 Å². The maximum atomic E-state index is 12.1. The van der Waals surface area contributed by atoms with Crippen LogP contribution >= 0.6 is 23.2 Å². The van der Waals surface area contributed by atoms with E-state index in [1.807, 2.05) is 0 Å². The second-order valence-corrected chi connectivity index (χ2v) is 6.34. The van der Waals surface area contributed by atoms with E-state index in [4.69, 9.17) is 32.4 Å². The minimum atomic E-state index is -0.528. The molecule has 2 aromatic carbocycles. The molecule has 0 saturated heterocycles. The number of esters is 1. The van der Waals surface area contributed by atoms with Crippen molar-refractivity contribution in [3.05, 3.63) is 45.8 Å². The highest BCUT2D eigenvalue weighted by Gasteiger charge is 2.21. The van der Waals surface area contributed by atoms with Gasteiger partial charge < -0.3 is 19.5 Å². The number of ether oxygens (including phenoxy) is 1. The molecular formula is C17H12Cl2N4O3. The predicted octanol–water partition coefficient (Wildman–Crippen LogP) is 4.85. The highest BCUT2D eigenvalue weighted by Crippen LogP contribution is 2.34. The lowest BCUT2D eigenvalue weighted by molar-refractivity contribution is 0.0602. The van der Waals surface area contributed by atoms with Crippen molar-refractivity contribution in [3.63, 3.8) is 0 Å². The summed E-state index contributed by atoms with van der Waals surface area (Å²) >= 11 is 12.4. The van der Waals surface area contributed by atoms with Crippen LogP contribution in [0.5, 0.6) is 0 Å². The molecule has 7 nitrogen and oxygen atoms in total. The Hall–Kier alpha value is -2.77. The van der Waals surface area contributed by atoms with E-state index in [1.165, 1.54) is 7.11 Å². The molecule has 0 atom stereocenters. The summed E-state index contributed by atoms with van der Waals surface area (Å²) in [6.07, 6.45) is 0. The number of aryl methyl sites for hydroxylation is 1. The van der Waals surface area contributed by atoms with Gasteiger partial charge in [0, 0.05) is 6.92 Å². The Kier molecular flexibility index (Phi) is 3.97. The number of benzene rings is 2. The van der Waals surface area contributed by atoms with E-state index < -0.39 is 5.97 Å². The number of hydrogen-bond donors (Lipinski definition) is 2. The zero-order valence-electron chi connectivity index (χ0n) is 13.7. The van der Waals surface area contributed by atoms with E-state index in [9.17, 15) is 4.79 Å². The Morgan fingerprint density at radius 3 is 2.69 bits per heavy atom. The number of methoxy groups -OCH3 is 1. The summed E-state index contributed by atoms with van der Waals surface area (Å²) < 4.78 is 10.4. The number of carbonyl (C=O) groups is 1. The van der Waals surface area contributed by atoms with Gasteiger partial charge >= 0.3 is 5.97 Å². The Labute approximate surface area is 157 Å². The number of imidazole rings is 1. The van der Waals surface area contributed by atoms with E-state index in [1.54, 1.807) is 31.2 Å². The van der Waals surface area contributed by atoms with Crippen LogP contribution in [0.1, 0.15) is 16.2 Å². The molecule has 0 aliphatic rings. The van der Waals surface area contributed by atoms with Crippen molar-refractivity contribution in [2.45, 2.75) is 6.92 Å². The number of halogens is 2. The lowest BCUT2D eigenvalue weighted by Crippen LogP contribution is -2.01. The minimum Gasteiger partial charge on any atom is -0.465 e. The topological polar surface area (TPSA) is 93.0 Å². The van der Waals surface area contributed by atoms with Crippen LogP contribution in [0.15, 0.2) is 28.7 Å². The van der Waals surface area contributed by atoms with Crippen molar-refractivity contribution in [1.29, 1.82) is 0 Å².